The Balaban J connectivity index is 1.27. The van der Waals surface area contributed by atoms with Crippen molar-refractivity contribution in [1.29, 1.82) is 0 Å². The molecular weight excluding hydrogens is 464 g/mol. The van der Waals surface area contributed by atoms with Gasteiger partial charge in [0.2, 0.25) is 5.91 Å². The number of nitrogens with zero attached hydrogens (tertiary/aromatic N) is 1. The van der Waals surface area contributed by atoms with Crippen molar-refractivity contribution in [2.45, 2.75) is 17.7 Å². The van der Waals surface area contributed by atoms with Gasteiger partial charge in [-0.05, 0) is 41.3 Å². The second-order valence-corrected chi connectivity index (χ2v) is 10.3. The van der Waals surface area contributed by atoms with Gasteiger partial charge in [0.1, 0.15) is 0 Å². The van der Waals surface area contributed by atoms with Crippen molar-refractivity contribution in [3.05, 3.63) is 88.7 Å². The zero-order valence-corrected chi connectivity index (χ0v) is 20.1. The number of anilines is 1. The van der Waals surface area contributed by atoms with E-state index in [1.165, 1.54) is 6.26 Å². The minimum absolute atomic E-state index is 0.0813. The summed E-state index contributed by atoms with van der Waals surface area (Å²) in [7, 11) is -3.24. The Morgan fingerprint density at radius 3 is 2.40 bits per heavy atom. The van der Waals surface area contributed by atoms with Crippen LogP contribution in [0.5, 0.6) is 0 Å². The summed E-state index contributed by atoms with van der Waals surface area (Å²) in [6.45, 7) is 1.09. The lowest BCUT2D eigenvalue weighted by Crippen LogP contribution is -2.27. The summed E-state index contributed by atoms with van der Waals surface area (Å²) in [5.74, 6) is 0.523. The number of benzene rings is 3. The first kappa shape index (κ1) is 24.2. The van der Waals surface area contributed by atoms with E-state index in [1.807, 2.05) is 36.4 Å². The van der Waals surface area contributed by atoms with Crippen LogP contribution in [0.15, 0.2) is 82.5 Å². The van der Waals surface area contributed by atoms with Gasteiger partial charge >= 0.3 is 0 Å². The molecule has 0 unspecified atom stereocenters. The maximum absolute atomic E-state index is 12.4. The van der Waals surface area contributed by atoms with E-state index in [4.69, 9.17) is 0 Å². The van der Waals surface area contributed by atoms with Crippen LogP contribution < -0.4 is 16.2 Å². The first-order chi connectivity index (χ1) is 16.8. The van der Waals surface area contributed by atoms with E-state index >= 15 is 0 Å². The SMILES string of the molecule is CS(=O)(=O)c1ccc(-c2cccc(CC(=O)NCCCNc3n[nH]c(=O)c4ccccc34)c2)cc1. The van der Waals surface area contributed by atoms with Gasteiger partial charge in [0.25, 0.3) is 5.56 Å². The summed E-state index contributed by atoms with van der Waals surface area (Å²) >= 11 is 0. The predicted molar refractivity (Wildman–Crippen MR) is 137 cm³/mol. The fourth-order valence-electron chi connectivity index (χ4n) is 3.78. The number of sulfone groups is 1. The molecule has 180 valence electrons. The molecule has 0 aliphatic rings. The summed E-state index contributed by atoms with van der Waals surface area (Å²) in [5, 5.41) is 14.0. The van der Waals surface area contributed by atoms with Gasteiger partial charge in [-0.15, -0.1) is 0 Å². The number of hydrogen-bond donors (Lipinski definition) is 3. The minimum atomic E-state index is -3.24. The van der Waals surface area contributed by atoms with Crippen molar-refractivity contribution < 1.29 is 13.2 Å². The molecule has 9 heteroatoms. The normalized spacial score (nSPS) is 11.3. The third-order valence-corrected chi connectivity index (χ3v) is 6.70. The lowest BCUT2D eigenvalue weighted by atomic mass is 10.0. The third-order valence-electron chi connectivity index (χ3n) is 5.57. The molecule has 0 spiro atoms. The number of H-pyrrole nitrogens is 1. The molecule has 0 atom stereocenters. The number of rotatable bonds is 9. The average molecular weight is 491 g/mol. The standard InChI is InChI=1S/C26H26N4O4S/c1-35(33,34)21-12-10-19(11-13-21)20-7-4-6-18(16-20)17-24(31)27-14-5-15-28-25-22-8-2-3-9-23(22)26(32)30-29-25/h2-4,6-13,16H,5,14-15,17H2,1H3,(H,27,31)(H,28,29)(H,30,32). The Kier molecular flexibility index (Phi) is 7.26. The molecule has 4 aromatic rings. The van der Waals surface area contributed by atoms with Crippen LogP contribution in [0.1, 0.15) is 12.0 Å². The molecular formula is C26H26N4O4S. The van der Waals surface area contributed by atoms with Gasteiger partial charge in [0.15, 0.2) is 15.7 Å². The van der Waals surface area contributed by atoms with E-state index in [0.717, 1.165) is 22.1 Å². The smallest absolute Gasteiger partial charge is 0.272 e. The summed E-state index contributed by atoms with van der Waals surface area (Å²) < 4.78 is 23.3. The molecule has 0 fully saturated rings. The maximum Gasteiger partial charge on any atom is 0.272 e. The predicted octanol–water partition coefficient (Wildman–Crippen LogP) is 3.15. The Labute approximate surface area is 203 Å². The highest BCUT2D eigenvalue weighted by Crippen LogP contribution is 2.22. The van der Waals surface area contributed by atoms with Gasteiger partial charge < -0.3 is 10.6 Å². The summed E-state index contributed by atoms with van der Waals surface area (Å²) in [6.07, 6.45) is 2.11. The molecule has 0 aliphatic heterocycles. The number of fused-ring (bicyclic) bond motifs is 1. The molecule has 8 nitrogen and oxygen atoms in total. The number of nitrogens with one attached hydrogen (secondary N) is 3. The van der Waals surface area contributed by atoms with Crippen molar-refractivity contribution in [1.82, 2.24) is 15.5 Å². The maximum atomic E-state index is 12.4. The number of carbonyl (C=O) groups excluding carboxylic acids is 1. The average Bonchev–Trinajstić information content (AvgIpc) is 2.85. The highest BCUT2D eigenvalue weighted by Gasteiger charge is 2.09. The molecule has 1 aromatic heterocycles. The van der Waals surface area contributed by atoms with Crippen LogP contribution in [-0.2, 0) is 21.1 Å². The van der Waals surface area contributed by atoms with Gasteiger partial charge in [-0.25, -0.2) is 13.5 Å². The Morgan fingerprint density at radius 1 is 0.914 bits per heavy atom. The van der Waals surface area contributed by atoms with Gasteiger partial charge in [-0.2, -0.15) is 5.10 Å². The number of hydrogen-bond acceptors (Lipinski definition) is 6. The lowest BCUT2D eigenvalue weighted by molar-refractivity contribution is -0.120. The van der Waals surface area contributed by atoms with Crippen LogP contribution in [0.25, 0.3) is 21.9 Å². The van der Waals surface area contributed by atoms with E-state index in [0.29, 0.717) is 30.7 Å². The first-order valence-corrected chi connectivity index (χ1v) is 13.1. The number of aromatic nitrogens is 2. The first-order valence-electron chi connectivity index (χ1n) is 11.2. The lowest BCUT2D eigenvalue weighted by Gasteiger charge is -2.09. The fraction of sp³-hybridized carbons (Fsp3) is 0.192. The van der Waals surface area contributed by atoms with Crippen LogP contribution in [0.2, 0.25) is 0 Å². The summed E-state index contributed by atoms with van der Waals surface area (Å²) in [5.41, 5.74) is 2.44. The van der Waals surface area contributed by atoms with E-state index in [2.05, 4.69) is 20.8 Å². The van der Waals surface area contributed by atoms with Crippen molar-refractivity contribution in [2.75, 3.05) is 24.7 Å². The van der Waals surface area contributed by atoms with Gasteiger partial charge in [-0.1, -0.05) is 54.6 Å². The third kappa shape index (κ3) is 6.13. The molecule has 3 N–H and O–H groups in total. The molecule has 1 heterocycles. The number of aromatic amines is 1. The molecule has 35 heavy (non-hydrogen) atoms. The van der Waals surface area contributed by atoms with E-state index in [9.17, 15) is 18.0 Å². The van der Waals surface area contributed by atoms with Crippen LogP contribution in [0.4, 0.5) is 5.82 Å². The van der Waals surface area contributed by atoms with Crippen LogP contribution in [0, 0.1) is 0 Å². The molecule has 4 rings (SSSR count). The van der Waals surface area contributed by atoms with Gasteiger partial charge in [0, 0.05) is 24.7 Å². The van der Waals surface area contributed by atoms with Crippen molar-refractivity contribution in [3.63, 3.8) is 0 Å². The second kappa shape index (κ2) is 10.5. The van der Waals surface area contributed by atoms with Crippen LogP contribution in [-0.4, -0.2) is 43.9 Å². The van der Waals surface area contributed by atoms with Crippen molar-refractivity contribution >= 4 is 32.3 Å². The highest BCUT2D eigenvalue weighted by molar-refractivity contribution is 7.90. The monoisotopic (exact) mass is 490 g/mol. The largest absolute Gasteiger partial charge is 0.368 e. The molecule has 0 aliphatic carbocycles. The van der Waals surface area contributed by atoms with E-state index in [1.54, 1.807) is 36.4 Å². The van der Waals surface area contributed by atoms with E-state index < -0.39 is 9.84 Å². The van der Waals surface area contributed by atoms with Crippen molar-refractivity contribution in [2.24, 2.45) is 0 Å². The zero-order chi connectivity index (χ0) is 24.8. The fourth-order valence-corrected chi connectivity index (χ4v) is 4.41. The van der Waals surface area contributed by atoms with Crippen LogP contribution >= 0.6 is 0 Å². The Bertz CT molecular complexity index is 1510. The quantitative estimate of drug-likeness (QED) is 0.310. The van der Waals surface area contributed by atoms with Crippen molar-refractivity contribution in [3.8, 4) is 11.1 Å². The molecule has 0 saturated carbocycles. The minimum Gasteiger partial charge on any atom is -0.368 e. The molecule has 3 aromatic carbocycles. The van der Waals surface area contributed by atoms with Gasteiger partial charge in [0.05, 0.1) is 16.7 Å². The Morgan fingerprint density at radius 2 is 1.66 bits per heavy atom. The topological polar surface area (TPSA) is 121 Å². The summed E-state index contributed by atoms with van der Waals surface area (Å²) in [4.78, 5) is 24.6. The molecule has 0 radical (unpaired) electrons. The van der Waals surface area contributed by atoms with Crippen LogP contribution in [0.3, 0.4) is 0 Å². The summed E-state index contributed by atoms with van der Waals surface area (Å²) in [6, 6.07) is 21.6. The molecule has 0 saturated heterocycles. The van der Waals surface area contributed by atoms with E-state index in [-0.39, 0.29) is 22.8 Å². The highest BCUT2D eigenvalue weighted by atomic mass is 32.2. The zero-order valence-electron chi connectivity index (χ0n) is 19.2. The number of amides is 1. The number of carbonyl (C=O) groups is 1. The van der Waals surface area contributed by atoms with Gasteiger partial charge in [-0.3, -0.25) is 9.59 Å². The second-order valence-electron chi connectivity index (χ2n) is 8.25. The molecule has 1 amide bonds. The molecule has 0 bridgehead atoms. The Hall–Kier alpha value is -3.98.